The zero-order valence-electron chi connectivity index (χ0n) is 20.4. The highest BCUT2D eigenvalue weighted by atomic mass is 32.2. The summed E-state index contributed by atoms with van der Waals surface area (Å²) in [6.45, 7) is 2.50. The van der Waals surface area contributed by atoms with Gasteiger partial charge in [-0.25, -0.2) is 17.5 Å². The highest BCUT2D eigenvalue weighted by Crippen LogP contribution is 2.38. The lowest BCUT2D eigenvalue weighted by atomic mass is 9.98. The third kappa shape index (κ3) is 5.99. The summed E-state index contributed by atoms with van der Waals surface area (Å²) in [5.41, 5.74) is 5.27. The first kappa shape index (κ1) is 25.6. The van der Waals surface area contributed by atoms with E-state index >= 15 is 0 Å². The molecule has 0 aliphatic carbocycles. The average molecular weight is 509 g/mol. The van der Waals surface area contributed by atoms with Gasteiger partial charge >= 0.3 is 0 Å². The lowest BCUT2D eigenvalue weighted by Gasteiger charge is -2.17. The zero-order valence-corrected chi connectivity index (χ0v) is 21.2. The Morgan fingerprint density at radius 1 is 1.00 bits per heavy atom. The smallest absolute Gasteiger partial charge is 0.258 e. The number of nitrogens with zero attached hydrogens (tertiary/aromatic N) is 1. The lowest BCUT2D eigenvalue weighted by molar-refractivity contribution is -0.110. The molecule has 1 heterocycles. The predicted molar refractivity (Wildman–Crippen MR) is 142 cm³/mol. The molecule has 1 aliphatic heterocycles. The Hall–Kier alpha value is -3.53. The number of fused-ring (bicyclic) bond motifs is 1. The van der Waals surface area contributed by atoms with Crippen LogP contribution in [0.1, 0.15) is 29.2 Å². The number of rotatable bonds is 9. The first-order valence-corrected chi connectivity index (χ1v) is 13.2. The van der Waals surface area contributed by atoms with Crippen LogP contribution in [0.3, 0.4) is 0 Å². The first-order chi connectivity index (χ1) is 17.1. The molecule has 3 aromatic carbocycles. The molecule has 3 N–H and O–H groups in total. The maximum absolute atomic E-state index is 13.8. The third-order valence-corrected chi connectivity index (χ3v) is 7.13. The van der Waals surface area contributed by atoms with Crippen molar-refractivity contribution in [3.8, 4) is 0 Å². The van der Waals surface area contributed by atoms with E-state index in [9.17, 15) is 17.6 Å². The van der Waals surface area contributed by atoms with Crippen LogP contribution in [0.15, 0.2) is 66.7 Å². The Kier molecular flexibility index (Phi) is 7.53. The van der Waals surface area contributed by atoms with E-state index < -0.39 is 15.8 Å². The van der Waals surface area contributed by atoms with E-state index in [1.165, 1.54) is 12.1 Å². The molecule has 9 heteroatoms. The third-order valence-electron chi connectivity index (χ3n) is 5.79. The molecule has 0 saturated carbocycles. The van der Waals surface area contributed by atoms with Crippen molar-refractivity contribution in [2.24, 2.45) is 0 Å². The maximum atomic E-state index is 13.8. The van der Waals surface area contributed by atoms with Crippen molar-refractivity contribution in [2.75, 3.05) is 30.5 Å². The maximum Gasteiger partial charge on any atom is 0.258 e. The number of carbonyl (C=O) groups is 1. The molecule has 1 aliphatic rings. The van der Waals surface area contributed by atoms with Crippen LogP contribution in [-0.4, -0.2) is 39.1 Å². The van der Waals surface area contributed by atoms with Gasteiger partial charge in [-0.15, -0.1) is 0 Å². The minimum absolute atomic E-state index is 0.0130. The summed E-state index contributed by atoms with van der Waals surface area (Å²) in [5.74, 6) is -0.799. The number of hydrogen-bond donors (Lipinski definition) is 3. The molecule has 1 amide bonds. The van der Waals surface area contributed by atoms with Gasteiger partial charge in [0.25, 0.3) is 5.91 Å². The van der Waals surface area contributed by atoms with Gasteiger partial charge in [0.15, 0.2) is 0 Å². The highest BCUT2D eigenvalue weighted by molar-refractivity contribution is 7.89. The highest BCUT2D eigenvalue weighted by Gasteiger charge is 2.29. The summed E-state index contributed by atoms with van der Waals surface area (Å²) in [7, 11) is 0.641. The molecule has 0 fully saturated rings. The fourth-order valence-corrected chi connectivity index (χ4v) is 4.60. The fourth-order valence-electron chi connectivity index (χ4n) is 4.01. The van der Waals surface area contributed by atoms with Crippen molar-refractivity contribution in [1.29, 1.82) is 0 Å². The van der Waals surface area contributed by atoms with Crippen molar-refractivity contribution < 1.29 is 17.6 Å². The van der Waals surface area contributed by atoms with E-state index in [1.807, 2.05) is 62.6 Å². The van der Waals surface area contributed by atoms with Gasteiger partial charge in [0.1, 0.15) is 5.82 Å². The van der Waals surface area contributed by atoms with Gasteiger partial charge < -0.3 is 15.5 Å². The van der Waals surface area contributed by atoms with Crippen molar-refractivity contribution >= 4 is 38.6 Å². The second-order valence-corrected chi connectivity index (χ2v) is 11.0. The van der Waals surface area contributed by atoms with Crippen molar-refractivity contribution in [3.63, 3.8) is 0 Å². The molecule has 188 valence electrons. The van der Waals surface area contributed by atoms with Gasteiger partial charge in [-0.2, -0.15) is 0 Å². The number of hydrogen-bond acceptors (Lipinski definition) is 5. The van der Waals surface area contributed by atoms with Crippen LogP contribution >= 0.6 is 0 Å². The first-order valence-electron chi connectivity index (χ1n) is 11.6. The van der Waals surface area contributed by atoms with Crippen LogP contribution in [0.25, 0.3) is 11.3 Å². The summed E-state index contributed by atoms with van der Waals surface area (Å²) >= 11 is 0. The number of carbonyl (C=O) groups excluding carboxylic acids is 1. The van der Waals surface area contributed by atoms with E-state index in [0.717, 1.165) is 23.4 Å². The second-order valence-electron chi connectivity index (χ2n) is 8.88. The number of sulfonamides is 1. The minimum atomic E-state index is -3.36. The Balaban J connectivity index is 1.77. The van der Waals surface area contributed by atoms with Crippen LogP contribution in [0.4, 0.5) is 15.8 Å². The molecule has 0 radical (unpaired) electrons. The summed E-state index contributed by atoms with van der Waals surface area (Å²) in [5, 5.41) is 6.14. The fraction of sp³-hybridized carbons (Fsp3) is 0.222. The van der Waals surface area contributed by atoms with Crippen molar-refractivity contribution in [2.45, 2.75) is 20.0 Å². The molecule has 0 bridgehead atoms. The molecule has 4 rings (SSSR count). The summed E-state index contributed by atoms with van der Waals surface area (Å²) < 4.78 is 40.3. The average Bonchev–Trinajstić information content (AvgIpc) is 3.16. The van der Waals surface area contributed by atoms with E-state index in [2.05, 4.69) is 20.3 Å². The van der Waals surface area contributed by atoms with Crippen LogP contribution in [0.5, 0.6) is 0 Å². The normalized spacial score (nSPS) is 14.5. The van der Waals surface area contributed by atoms with Gasteiger partial charge in [-0.05, 0) is 74.1 Å². The molecular formula is C27H29FN4O3S. The largest absolute Gasteiger partial charge is 0.354 e. The summed E-state index contributed by atoms with van der Waals surface area (Å²) in [6, 6.07) is 19.4. The van der Waals surface area contributed by atoms with Gasteiger partial charge in [-0.1, -0.05) is 30.3 Å². The standard InChI is InChI=1S/C27H29FN4O3S/c1-4-36(34,35)29-16-19-6-5-7-20(14-19)26(30-22-11-8-18(9-12-22)17-32(2)3)25-23-13-10-21(28)15-24(23)31-27(25)33/h5-15,29-30H,4,16-17H2,1-3H3,(H,31,33). The molecule has 36 heavy (non-hydrogen) atoms. The Morgan fingerprint density at radius 2 is 1.75 bits per heavy atom. The molecular weight excluding hydrogens is 479 g/mol. The van der Waals surface area contributed by atoms with Crippen molar-refractivity contribution in [1.82, 2.24) is 9.62 Å². The Bertz CT molecular complexity index is 1420. The lowest BCUT2D eigenvalue weighted by Crippen LogP contribution is -2.24. The van der Waals surface area contributed by atoms with Crippen LogP contribution < -0.4 is 15.4 Å². The van der Waals surface area contributed by atoms with Gasteiger partial charge in [-0.3, -0.25) is 4.79 Å². The SMILES string of the molecule is CCS(=O)(=O)NCc1cccc(C(Nc2ccc(CN(C)C)cc2)=C2C(=O)Nc3cc(F)ccc32)c1. The zero-order chi connectivity index (χ0) is 25.9. The second kappa shape index (κ2) is 10.6. The topological polar surface area (TPSA) is 90.5 Å². The Morgan fingerprint density at radius 3 is 2.44 bits per heavy atom. The quantitative estimate of drug-likeness (QED) is 0.376. The van der Waals surface area contributed by atoms with E-state index in [0.29, 0.717) is 28.1 Å². The van der Waals surface area contributed by atoms with Gasteiger partial charge in [0, 0.05) is 24.3 Å². The molecule has 0 atom stereocenters. The molecule has 0 aromatic heterocycles. The number of amides is 1. The van der Waals surface area contributed by atoms with Crippen molar-refractivity contribution in [3.05, 3.63) is 94.8 Å². The summed E-state index contributed by atoms with van der Waals surface area (Å²) in [4.78, 5) is 15.2. The van der Waals surface area contributed by atoms with Crippen LogP contribution in [0.2, 0.25) is 0 Å². The van der Waals surface area contributed by atoms with Gasteiger partial charge in [0.05, 0.1) is 22.7 Å². The monoisotopic (exact) mass is 508 g/mol. The Labute approximate surface area is 211 Å². The summed E-state index contributed by atoms with van der Waals surface area (Å²) in [6.07, 6.45) is 0. The molecule has 0 unspecified atom stereocenters. The van der Waals surface area contributed by atoms with E-state index in [4.69, 9.17) is 0 Å². The van der Waals surface area contributed by atoms with E-state index in [1.54, 1.807) is 13.0 Å². The minimum Gasteiger partial charge on any atom is -0.354 e. The van der Waals surface area contributed by atoms with Gasteiger partial charge in [0.2, 0.25) is 10.0 Å². The number of anilines is 2. The number of benzene rings is 3. The molecule has 0 spiro atoms. The van der Waals surface area contributed by atoms with Crippen LogP contribution in [-0.2, 0) is 27.9 Å². The van der Waals surface area contributed by atoms with Crippen LogP contribution in [0, 0.1) is 5.82 Å². The predicted octanol–water partition coefficient (Wildman–Crippen LogP) is 4.26. The molecule has 7 nitrogen and oxygen atoms in total. The number of nitrogens with one attached hydrogen (secondary N) is 3. The number of halogens is 1. The molecule has 3 aromatic rings. The molecule has 0 saturated heterocycles. The van der Waals surface area contributed by atoms with E-state index in [-0.39, 0.29) is 18.2 Å².